The van der Waals surface area contributed by atoms with Crippen molar-refractivity contribution in [2.24, 2.45) is 10.1 Å². The van der Waals surface area contributed by atoms with Crippen LogP contribution in [0.3, 0.4) is 0 Å². The number of nitrogens with one attached hydrogen (secondary N) is 3. The number of azide groups is 1. The van der Waals surface area contributed by atoms with Crippen molar-refractivity contribution >= 4 is 66.4 Å². The van der Waals surface area contributed by atoms with E-state index in [9.17, 15) is 49.9 Å². The van der Waals surface area contributed by atoms with Gasteiger partial charge in [0.05, 0.1) is 183 Å². The first-order chi connectivity index (χ1) is 53.3. The average Bonchev–Trinajstić information content (AvgIpc) is 0.720. The third-order valence-corrected chi connectivity index (χ3v) is 17.2. The van der Waals surface area contributed by atoms with Gasteiger partial charge in [-0.25, -0.2) is 4.79 Å². The minimum atomic E-state index is -5.07. The van der Waals surface area contributed by atoms with Gasteiger partial charge in [-0.2, -0.15) is 16.8 Å². The van der Waals surface area contributed by atoms with Crippen molar-refractivity contribution in [2.75, 3.05) is 230 Å². The lowest BCUT2D eigenvalue weighted by Crippen LogP contribution is -2.31. The van der Waals surface area contributed by atoms with E-state index >= 15 is 0 Å². The van der Waals surface area contributed by atoms with Crippen LogP contribution in [0.5, 0.6) is 5.75 Å². The first-order valence-electron chi connectivity index (χ1n) is 36.1. The summed E-state index contributed by atoms with van der Waals surface area (Å²) in [6, 6.07) is 18.6. The average molecular weight is 1590 g/mol. The van der Waals surface area contributed by atoms with Crippen LogP contribution < -0.4 is 26.0 Å². The molecule has 612 valence electrons. The molecule has 1 unspecified atom stereocenters. The number of anilines is 1. The Bertz CT molecular complexity index is 3880. The third kappa shape index (κ3) is 36.5. The minimum Gasteiger partial charge on any atom is -0.491 e. The lowest BCUT2D eigenvalue weighted by molar-refractivity contribution is -0.143. The van der Waals surface area contributed by atoms with E-state index in [0.717, 1.165) is 0 Å². The topological polar surface area (TPSA) is 466 Å². The molecule has 1 aliphatic heterocycles. The van der Waals surface area contributed by atoms with E-state index in [2.05, 4.69) is 31.0 Å². The van der Waals surface area contributed by atoms with Crippen molar-refractivity contribution in [2.45, 2.75) is 62.0 Å². The Hall–Kier alpha value is -7.93. The number of ketones is 1. The normalized spacial score (nSPS) is 12.1. The van der Waals surface area contributed by atoms with E-state index in [4.69, 9.17) is 86.1 Å². The molecular formula is C72H104N8O28S2. The van der Waals surface area contributed by atoms with Crippen molar-refractivity contribution in [3.05, 3.63) is 99.7 Å². The fourth-order valence-electron chi connectivity index (χ4n) is 10.3. The van der Waals surface area contributed by atoms with Crippen LogP contribution in [0.15, 0.2) is 97.1 Å². The molecule has 0 radical (unpaired) electrons. The highest BCUT2D eigenvalue weighted by Gasteiger charge is 2.33. The lowest BCUT2D eigenvalue weighted by Gasteiger charge is -2.23. The summed E-state index contributed by atoms with van der Waals surface area (Å²) in [5.74, 6) is -2.30. The van der Waals surface area contributed by atoms with Gasteiger partial charge in [-0.05, 0) is 86.3 Å². The summed E-state index contributed by atoms with van der Waals surface area (Å²) < 4.78 is 161. The Morgan fingerprint density at radius 1 is 0.573 bits per heavy atom. The standard InChI is InChI=1S/C72H104N8O28S2/c1-4-74-61-19-17-59-66(60-18-20-62(75-5-2)70(110(90,91)92)68(60)108-67(59)69(61)109(87,88)89)57-14-6-7-15-58(57)72(86)80(3)24-10-16-63(82)76-23-26-94-28-30-96-32-34-98-36-38-100-40-42-102-44-46-104-48-47-103-45-43-101-41-39-99-37-35-97-33-31-95-29-27-93-25-21-55(81)12-9-22-77-71(85)54-11-8-13-56(51-54)107-52-64(78-79-73)106-50-49-105-53-65(83)84/h6-8,11,13-15,17-20,51,64,74H,4-5,9-10,12,16,21-50,52-53H2,1-3H3,(H,76,82)(H,77,85)(H,83,84)(H,87,88,89)(H,90,91,92)/b75-62+. The highest BCUT2D eigenvalue weighted by molar-refractivity contribution is 7.86. The molecule has 0 fully saturated rings. The Morgan fingerprint density at radius 3 is 1.64 bits per heavy atom. The van der Waals surface area contributed by atoms with Crippen LogP contribution in [-0.4, -0.2) is 296 Å². The van der Waals surface area contributed by atoms with Gasteiger partial charge in [-0.3, -0.25) is 33.3 Å². The van der Waals surface area contributed by atoms with Gasteiger partial charge in [0.25, 0.3) is 32.1 Å². The van der Waals surface area contributed by atoms with Gasteiger partial charge in [0.1, 0.15) is 24.7 Å². The number of nitrogens with zero attached hydrogens (tertiary/aromatic N) is 5. The van der Waals surface area contributed by atoms with Gasteiger partial charge in [-0.1, -0.05) is 29.4 Å². The van der Waals surface area contributed by atoms with Gasteiger partial charge in [-0.15, -0.1) is 0 Å². The fraction of sp³-hybridized carbons (Fsp3) is 0.583. The number of rotatable bonds is 65. The van der Waals surface area contributed by atoms with E-state index < -0.39 is 66.1 Å². The predicted octanol–water partition coefficient (Wildman–Crippen LogP) is 5.52. The third-order valence-electron chi connectivity index (χ3n) is 15.4. The second-order valence-electron chi connectivity index (χ2n) is 23.6. The van der Waals surface area contributed by atoms with E-state index in [1.807, 2.05) is 0 Å². The quantitative estimate of drug-likeness (QED) is 0.00696. The van der Waals surface area contributed by atoms with Gasteiger partial charge in [0.15, 0.2) is 27.4 Å². The molecule has 0 saturated carbocycles. The number of carbonyl (C=O) groups is 5. The molecule has 2 aliphatic rings. The summed E-state index contributed by atoms with van der Waals surface area (Å²) in [6.45, 7) is 12.8. The van der Waals surface area contributed by atoms with Crippen molar-refractivity contribution in [1.82, 2.24) is 15.5 Å². The number of hydrogen-bond donors (Lipinski definition) is 6. The van der Waals surface area contributed by atoms with Crippen LogP contribution in [0.4, 0.5) is 5.69 Å². The van der Waals surface area contributed by atoms with Crippen LogP contribution in [0.2, 0.25) is 0 Å². The number of amides is 3. The molecule has 3 amide bonds. The maximum Gasteiger partial charge on any atom is 0.329 e. The Balaban J connectivity index is 0.748. The van der Waals surface area contributed by atoms with Crippen LogP contribution in [0.1, 0.15) is 66.7 Å². The molecule has 36 nitrogen and oxygen atoms in total. The summed E-state index contributed by atoms with van der Waals surface area (Å²) in [5, 5.41) is 20.5. The number of aliphatic carboxylic acids is 1. The van der Waals surface area contributed by atoms with Crippen molar-refractivity contribution in [1.29, 1.82) is 0 Å². The summed E-state index contributed by atoms with van der Waals surface area (Å²) in [6.07, 6.45) is 0.371. The molecule has 1 aliphatic carbocycles. The highest BCUT2D eigenvalue weighted by atomic mass is 32.2. The number of hydrogen-bond acceptors (Lipinski definition) is 28. The van der Waals surface area contributed by atoms with Gasteiger partial charge in [0, 0.05) is 91.6 Å². The van der Waals surface area contributed by atoms with Crippen molar-refractivity contribution in [3.63, 3.8) is 0 Å². The largest absolute Gasteiger partial charge is 0.491 e. The molecule has 1 heterocycles. The van der Waals surface area contributed by atoms with Crippen molar-refractivity contribution in [3.8, 4) is 28.2 Å². The molecule has 3 aromatic rings. The van der Waals surface area contributed by atoms with Gasteiger partial charge < -0.3 is 101 Å². The fourth-order valence-corrected chi connectivity index (χ4v) is 11.9. The first kappa shape index (κ1) is 92.7. The van der Waals surface area contributed by atoms with Gasteiger partial charge >= 0.3 is 5.97 Å². The predicted molar refractivity (Wildman–Crippen MR) is 398 cm³/mol. The van der Waals surface area contributed by atoms with Crippen LogP contribution in [0, 0.1) is 0 Å². The number of ether oxygens (including phenoxy) is 15. The number of carboxylic acid groups (broad SMARTS) is 1. The molecule has 0 spiro atoms. The van der Waals surface area contributed by atoms with Crippen molar-refractivity contribution < 1.29 is 130 Å². The first-order valence-corrected chi connectivity index (χ1v) is 38.9. The Labute approximate surface area is 639 Å². The molecule has 1 atom stereocenters. The number of carboxylic acids is 1. The molecule has 0 bridgehead atoms. The molecule has 38 heteroatoms. The molecule has 110 heavy (non-hydrogen) atoms. The SMILES string of the molecule is CC/N=c1\ccc2c(-c3ccccc3C(=O)N(C)CCCC(=O)NCCOCCOCCOCCOCCOCCOCCOCCOCCOCCOCCOCCOCCC(=O)CCCNC(=O)c3cccc(OCC(N=[N+]=[N-])OCCOCC(=O)O)c3)c3ccc(NCC)c(S(=O)(=O)O)c3oc-2c1S(=O)(=O)O. The second-order valence-corrected chi connectivity index (χ2v) is 26.3. The summed E-state index contributed by atoms with van der Waals surface area (Å²) in [4.78, 5) is 69.4. The smallest absolute Gasteiger partial charge is 0.329 e. The zero-order valence-corrected chi connectivity index (χ0v) is 64.1. The van der Waals surface area contributed by atoms with Gasteiger partial charge in [0.2, 0.25) is 5.91 Å². The van der Waals surface area contributed by atoms with E-state index in [-0.39, 0.29) is 141 Å². The second kappa shape index (κ2) is 54.7. The number of carbonyl (C=O) groups excluding carboxylic acids is 4. The summed E-state index contributed by atoms with van der Waals surface area (Å²) in [5.41, 5.74) is 9.33. The lowest BCUT2D eigenvalue weighted by atomic mass is 9.90. The molecule has 3 aromatic carbocycles. The Kier molecular flexibility index (Phi) is 46.1. The summed E-state index contributed by atoms with van der Waals surface area (Å²) >= 11 is 0. The molecule has 6 N–H and O–H groups in total. The maximum atomic E-state index is 14.2. The number of benzene rings is 4. The molecule has 5 rings (SSSR count). The monoisotopic (exact) mass is 1590 g/mol. The van der Waals surface area contributed by atoms with E-state index in [1.165, 1.54) is 35.2 Å². The van der Waals surface area contributed by atoms with E-state index in [0.29, 0.717) is 170 Å². The number of Topliss-reactive ketones (excluding diaryl/α,β-unsaturated/α-hetero) is 1. The Morgan fingerprint density at radius 2 is 1.11 bits per heavy atom. The molecule has 0 aromatic heterocycles. The van der Waals surface area contributed by atoms with Crippen LogP contribution >= 0.6 is 0 Å². The number of fused-ring (bicyclic) bond motifs is 2. The zero-order valence-electron chi connectivity index (χ0n) is 62.5. The minimum absolute atomic E-state index is 0.0114. The van der Waals surface area contributed by atoms with Crippen LogP contribution in [0.25, 0.3) is 43.9 Å². The van der Waals surface area contributed by atoms with E-state index in [1.54, 1.807) is 63.4 Å². The molecule has 0 saturated heterocycles. The summed E-state index contributed by atoms with van der Waals surface area (Å²) in [7, 11) is -8.55. The maximum absolute atomic E-state index is 14.2. The highest BCUT2D eigenvalue weighted by Crippen LogP contribution is 2.46. The molecular weight excluding hydrogens is 1490 g/mol. The zero-order chi connectivity index (χ0) is 79.5. The van der Waals surface area contributed by atoms with Crippen LogP contribution in [-0.2, 0) is 101 Å².